The average molecular weight is 329 g/mol. The summed E-state index contributed by atoms with van der Waals surface area (Å²) in [4.78, 5) is 17.9. The first-order chi connectivity index (χ1) is 9.16. The number of nitrogens with one attached hydrogen (secondary N) is 1. The number of nitrogens with two attached hydrogens (primary N) is 1. The van der Waals surface area contributed by atoms with E-state index in [1.54, 1.807) is 12.3 Å². The number of hydrogen-bond acceptors (Lipinski definition) is 5. The van der Waals surface area contributed by atoms with E-state index in [1.807, 2.05) is 4.90 Å². The maximum absolute atomic E-state index is 11.9. The van der Waals surface area contributed by atoms with Gasteiger partial charge in [0, 0.05) is 26.1 Å². The lowest BCUT2D eigenvalue weighted by molar-refractivity contribution is -0.134. The molecule has 0 spiro atoms. The molecule has 0 bridgehead atoms. The molecule has 0 aromatic carbocycles. The number of amides is 1. The Morgan fingerprint density at radius 2 is 2.26 bits per heavy atom. The van der Waals surface area contributed by atoms with E-state index in [9.17, 15) is 4.79 Å². The number of morpholine rings is 1. The topological polar surface area (TPSA) is 80.5 Å². The van der Waals surface area contributed by atoms with E-state index >= 15 is 0 Å². The quantitative estimate of drug-likeness (QED) is 0.864. The molecule has 0 radical (unpaired) electrons. The highest BCUT2D eigenvalue weighted by Crippen LogP contribution is 2.21. The summed E-state index contributed by atoms with van der Waals surface area (Å²) < 4.78 is 6.01. The lowest BCUT2D eigenvalue weighted by Crippen LogP contribution is -2.41. The summed E-state index contributed by atoms with van der Waals surface area (Å²) >= 11 is 3.37. The lowest BCUT2D eigenvalue weighted by Gasteiger charge is -2.26. The molecule has 1 fully saturated rings. The van der Waals surface area contributed by atoms with Crippen LogP contribution in [0.15, 0.2) is 16.7 Å². The fraction of sp³-hybridized carbons (Fsp3) is 0.500. The van der Waals surface area contributed by atoms with Crippen molar-refractivity contribution in [1.82, 2.24) is 9.88 Å². The number of aromatic nitrogens is 1. The van der Waals surface area contributed by atoms with Crippen molar-refractivity contribution in [2.24, 2.45) is 0 Å². The van der Waals surface area contributed by atoms with Gasteiger partial charge in [-0.25, -0.2) is 4.98 Å². The molecule has 1 aliphatic rings. The zero-order valence-corrected chi connectivity index (χ0v) is 12.1. The van der Waals surface area contributed by atoms with Gasteiger partial charge in [-0.15, -0.1) is 0 Å². The van der Waals surface area contributed by atoms with Crippen molar-refractivity contribution in [3.05, 3.63) is 16.7 Å². The van der Waals surface area contributed by atoms with E-state index in [0.29, 0.717) is 50.8 Å². The van der Waals surface area contributed by atoms with Crippen LogP contribution in [-0.4, -0.2) is 48.6 Å². The summed E-state index contributed by atoms with van der Waals surface area (Å²) in [6, 6.07) is 1.78. The molecule has 1 saturated heterocycles. The predicted molar refractivity (Wildman–Crippen MR) is 76.9 cm³/mol. The van der Waals surface area contributed by atoms with E-state index in [0.717, 1.165) is 4.47 Å². The second kappa shape index (κ2) is 6.72. The largest absolute Gasteiger partial charge is 0.397 e. The van der Waals surface area contributed by atoms with Gasteiger partial charge < -0.3 is 20.7 Å². The molecule has 1 aliphatic heterocycles. The first kappa shape index (κ1) is 14.1. The Labute approximate surface area is 120 Å². The molecule has 104 valence electrons. The van der Waals surface area contributed by atoms with Crippen LogP contribution < -0.4 is 11.1 Å². The molecule has 0 saturated carbocycles. The normalized spacial score (nSPS) is 15.3. The van der Waals surface area contributed by atoms with Crippen molar-refractivity contribution in [1.29, 1.82) is 0 Å². The highest BCUT2D eigenvalue weighted by atomic mass is 79.9. The number of pyridine rings is 1. The summed E-state index contributed by atoms with van der Waals surface area (Å²) in [5, 5.41) is 3.12. The van der Waals surface area contributed by atoms with Crippen LogP contribution in [0, 0.1) is 0 Å². The van der Waals surface area contributed by atoms with Gasteiger partial charge in [0.05, 0.1) is 29.6 Å². The average Bonchev–Trinajstić information content (AvgIpc) is 2.42. The van der Waals surface area contributed by atoms with Gasteiger partial charge in [-0.05, 0) is 22.0 Å². The van der Waals surface area contributed by atoms with Crippen molar-refractivity contribution in [2.45, 2.75) is 6.42 Å². The first-order valence-corrected chi connectivity index (χ1v) is 6.96. The number of nitrogen functional groups attached to an aromatic ring is 1. The first-order valence-electron chi connectivity index (χ1n) is 6.17. The Bertz CT molecular complexity index is 449. The van der Waals surface area contributed by atoms with Crippen LogP contribution in [0.4, 0.5) is 11.5 Å². The van der Waals surface area contributed by atoms with Crippen molar-refractivity contribution < 1.29 is 9.53 Å². The third-order valence-electron chi connectivity index (χ3n) is 2.86. The highest BCUT2D eigenvalue weighted by Gasteiger charge is 2.16. The number of hydrogen-bond donors (Lipinski definition) is 2. The van der Waals surface area contributed by atoms with Crippen molar-refractivity contribution in [2.75, 3.05) is 43.9 Å². The maximum Gasteiger partial charge on any atom is 0.224 e. The molecule has 1 aromatic rings. The maximum atomic E-state index is 11.9. The zero-order valence-electron chi connectivity index (χ0n) is 10.6. The number of halogens is 1. The molecule has 0 atom stereocenters. The molecule has 2 rings (SSSR count). The second-order valence-corrected chi connectivity index (χ2v) is 5.12. The molecule has 1 amide bonds. The SMILES string of the molecule is Nc1cnc(NCCC(=O)N2CCOCC2)c(Br)c1. The van der Waals surface area contributed by atoms with Gasteiger partial charge in [-0.1, -0.05) is 0 Å². The van der Waals surface area contributed by atoms with Gasteiger partial charge in [0.15, 0.2) is 0 Å². The van der Waals surface area contributed by atoms with E-state index < -0.39 is 0 Å². The molecule has 3 N–H and O–H groups in total. The zero-order chi connectivity index (χ0) is 13.7. The molecular weight excluding hydrogens is 312 g/mol. The monoisotopic (exact) mass is 328 g/mol. The number of carbonyl (C=O) groups is 1. The Balaban J connectivity index is 1.78. The minimum atomic E-state index is 0.141. The molecule has 7 heteroatoms. The molecule has 0 unspecified atom stereocenters. The van der Waals surface area contributed by atoms with Gasteiger partial charge in [-0.2, -0.15) is 0 Å². The second-order valence-electron chi connectivity index (χ2n) is 4.27. The minimum Gasteiger partial charge on any atom is -0.397 e. The third kappa shape index (κ3) is 4.07. The Hall–Kier alpha value is -1.34. The number of carbonyl (C=O) groups excluding carboxylic acids is 1. The molecular formula is C12H17BrN4O2. The van der Waals surface area contributed by atoms with Crippen LogP contribution in [0.3, 0.4) is 0 Å². The van der Waals surface area contributed by atoms with E-state index in [4.69, 9.17) is 10.5 Å². The highest BCUT2D eigenvalue weighted by molar-refractivity contribution is 9.10. The van der Waals surface area contributed by atoms with Crippen LogP contribution in [0.5, 0.6) is 0 Å². The number of ether oxygens (including phenoxy) is 1. The number of nitrogens with zero attached hydrogens (tertiary/aromatic N) is 2. The summed E-state index contributed by atoms with van der Waals surface area (Å²) in [6.45, 7) is 3.17. The molecule has 1 aromatic heterocycles. The summed E-state index contributed by atoms with van der Waals surface area (Å²) in [5.74, 6) is 0.839. The third-order valence-corrected chi connectivity index (χ3v) is 3.46. The molecule has 19 heavy (non-hydrogen) atoms. The summed E-state index contributed by atoms with van der Waals surface area (Å²) in [7, 11) is 0. The van der Waals surface area contributed by atoms with Gasteiger partial charge in [0.25, 0.3) is 0 Å². The minimum absolute atomic E-state index is 0.141. The van der Waals surface area contributed by atoms with Crippen LogP contribution in [0.1, 0.15) is 6.42 Å². The fourth-order valence-corrected chi connectivity index (χ4v) is 2.35. The standard InChI is InChI=1S/C12H17BrN4O2/c13-10-7-9(14)8-16-12(10)15-2-1-11(18)17-3-5-19-6-4-17/h7-8H,1-6,14H2,(H,15,16). The summed E-state index contributed by atoms with van der Waals surface area (Å²) in [5.41, 5.74) is 6.21. The predicted octanol–water partition coefficient (Wildman–Crippen LogP) is 1.09. The van der Waals surface area contributed by atoms with Gasteiger partial charge in [-0.3, -0.25) is 4.79 Å². The number of anilines is 2. The summed E-state index contributed by atoms with van der Waals surface area (Å²) in [6.07, 6.45) is 2.02. The number of rotatable bonds is 4. The van der Waals surface area contributed by atoms with Gasteiger partial charge >= 0.3 is 0 Å². The van der Waals surface area contributed by atoms with Crippen LogP contribution in [-0.2, 0) is 9.53 Å². The lowest BCUT2D eigenvalue weighted by atomic mass is 10.3. The fourth-order valence-electron chi connectivity index (χ4n) is 1.84. The Morgan fingerprint density at radius 1 is 1.53 bits per heavy atom. The Kier molecular flexibility index (Phi) is 4.98. The van der Waals surface area contributed by atoms with Crippen molar-refractivity contribution >= 4 is 33.3 Å². The molecule has 0 aliphatic carbocycles. The van der Waals surface area contributed by atoms with Crippen molar-refractivity contribution in [3.8, 4) is 0 Å². The van der Waals surface area contributed by atoms with Crippen LogP contribution >= 0.6 is 15.9 Å². The molecule has 2 heterocycles. The van der Waals surface area contributed by atoms with Gasteiger partial charge in [0.2, 0.25) is 5.91 Å². The van der Waals surface area contributed by atoms with E-state index in [2.05, 4.69) is 26.2 Å². The van der Waals surface area contributed by atoms with Gasteiger partial charge in [0.1, 0.15) is 5.82 Å². The Morgan fingerprint density at radius 3 is 2.95 bits per heavy atom. The van der Waals surface area contributed by atoms with Crippen LogP contribution in [0.25, 0.3) is 0 Å². The smallest absolute Gasteiger partial charge is 0.224 e. The van der Waals surface area contributed by atoms with Crippen molar-refractivity contribution in [3.63, 3.8) is 0 Å². The van der Waals surface area contributed by atoms with Crippen LogP contribution in [0.2, 0.25) is 0 Å². The van der Waals surface area contributed by atoms with E-state index in [-0.39, 0.29) is 5.91 Å². The van der Waals surface area contributed by atoms with E-state index in [1.165, 1.54) is 0 Å². The molecule has 6 nitrogen and oxygen atoms in total.